The van der Waals surface area contributed by atoms with Crippen LogP contribution in [-0.4, -0.2) is 29.9 Å². The lowest BCUT2D eigenvalue weighted by Crippen LogP contribution is -2.40. The second-order valence-electron chi connectivity index (χ2n) is 6.13. The van der Waals surface area contributed by atoms with Crippen molar-refractivity contribution in [3.05, 3.63) is 34.9 Å². The third-order valence-corrected chi connectivity index (χ3v) is 5.08. The summed E-state index contributed by atoms with van der Waals surface area (Å²) in [5.74, 6) is 0.212. The zero-order valence-electron chi connectivity index (χ0n) is 12.4. The molecule has 3 nitrogen and oxygen atoms in total. The van der Waals surface area contributed by atoms with E-state index in [9.17, 15) is 4.79 Å². The van der Waals surface area contributed by atoms with Crippen LogP contribution in [-0.2, 0) is 4.79 Å². The zero-order chi connectivity index (χ0) is 14.7. The molecule has 0 aromatic heterocycles. The maximum absolute atomic E-state index is 12.5. The van der Waals surface area contributed by atoms with E-state index in [4.69, 9.17) is 11.6 Å². The van der Waals surface area contributed by atoms with Crippen LogP contribution in [0.25, 0.3) is 0 Å². The van der Waals surface area contributed by atoms with Gasteiger partial charge in [0, 0.05) is 17.6 Å². The smallest absolute Gasteiger partial charge is 0.237 e. The molecule has 1 aliphatic carbocycles. The lowest BCUT2D eigenvalue weighted by Gasteiger charge is -2.26. The summed E-state index contributed by atoms with van der Waals surface area (Å²) in [5.41, 5.74) is 1.09. The number of benzene rings is 1. The Labute approximate surface area is 131 Å². The van der Waals surface area contributed by atoms with Gasteiger partial charge in [0.1, 0.15) is 0 Å². The highest BCUT2D eigenvalue weighted by Crippen LogP contribution is 2.35. The van der Waals surface area contributed by atoms with Crippen molar-refractivity contribution in [3.8, 4) is 0 Å². The molecular weight excluding hydrogens is 284 g/mol. The monoisotopic (exact) mass is 306 g/mol. The van der Waals surface area contributed by atoms with E-state index in [1.165, 1.54) is 25.7 Å². The van der Waals surface area contributed by atoms with Gasteiger partial charge in [-0.05, 0) is 37.3 Å². The van der Waals surface area contributed by atoms with Crippen LogP contribution in [0, 0.1) is 0 Å². The van der Waals surface area contributed by atoms with E-state index in [1.54, 1.807) is 0 Å². The van der Waals surface area contributed by atoms with Gasteiger partial charge in [0.15, 0.2) is 0 Å². The first-order chi connectivity index (χ1) is 10.3. The molecule has 1 unspecified atom stereocenters. The lowest BCUT2D eigenvalue weighted by molar-refractivity contribution is -0.131. The summed E-state index contributed by atoms with van der Waals surface area (Å²) in [6.45, 7) is 1.31. The molecule has 1 aromatic rings. The van der Waals surface area contributed by atoms with Gasteiger partial charge in [-0.15, -0.1) is 0 Å². The van der Waals surface area contributed by atoms with Crippen LogP contribution < -0.4 is 5.32 Å². The molecule has 1 amide bonds. The maximum atomic E-state index is 12.5. The third-order valence-electron chi connectivity index (χ3n) is 4.73. The van der Waals surface area contributed by atoms with Crippen LogP contribution in [0.1, 0.15) is 50.1 Å². The highest BCUT2D eigenvalue weighted by Gasteiger charge is 2.31. The SMILES string of the molecule is O=C(CNC1CCCC1)N1CCCC1c1ccccc1Cl. The fourth-order valence-corrected chi connectivity index (χ4v) is 3.86. The molecule has 1 atom stereocenters. The second kappa shape index (κ2) is 6.80. The van der Waals surface area contributed by atoms with Crippen LogP contribution >= 0.6 is 11.6 Å². The van der Waals surface area contributed by atoms with Crippen molar-refractivity contribution in [1.29, 1.82) is 0 Å². The van der Waals surface area contributed by atoms with E-state index in [2.05, 4.69) is 5.32 Å². The Bertz CT molecular complexity index is 499. The number of nitrogens with zero attached hydrogens (tertiary/aromatic N) is 1. The molecule has 2 aliphatic rings. The minimum absolute atomic E-state index is 0.150. The Morgan fingerprint density at radius 3 is 2.71 bits per heavy atom. The van der Waals surface area contributed by atoms with Crippen molar-refractivity contribution < 1.29 is 4.79 Å². The average molecular weight is 307 g/mol. The van der Waals surface area contributed by atoms with Gasteiger partial charge >= 0.3 is 0 Å². The number of nitrogens with one attached hydrogen (secondary N) is 1. The van der Waals surface area contributed by atoms with Crippen LogP contribution in [0.3, 0.4) is 0 Å². The Morgan fingerprint density at radius 2 is 1.95 bits per heavy atom. The number of amides is 1. The molecular formula is C17H23ClN2O. The number of hydrogen-bond donors (Lipinski definition) is 1. The first-order valence-corrected chi connectivity index (χ1v) is 8.41. The largest absolute Gasteiger partial charge is 0.334 e. The minimum Gasteiger partial charge on any atom is -0.334 e. The summed E-state index contributed by atoms with van der Waals surface area (Å²) in [5, 5.41) is 4.19. The van der Waals surface area contributed by atoms with Crippen molar-refractivity contribution in [2.75, 3.05) is 13.1 Å². The molecule has 4 heteroatoms. The molecule has 1 aliphatic heterocycles. The molecule has 114 valence electrons. The number of carbonyl (C=O) groups is 1. The molecule has 0 radical (unpaired) electrons. The number of hydrogen-bond acceptors (Lipinski definition) is 2. The van der Waals surface area contributed by atoms with Gasteiger partial charge in [-0.2, -0.15) is 0 Å². The van der Waals surface area contributed by atoms with Crippen LogP contribution in [0.15, 0.2) is 24.3 Å². The number of likely N-dealkylation sites (tertiary alicyclic amines) is 1. The van der Waals surface area contributed by atoms with E-state index >= 15 is 0 Å². The first-order valence-electron chi connectivity index (χ1n) is 8.03. The van der Waals surface area contributed by atoms with E-state index in [-0.39, 0.29) is 11.9 Å². The van der Waals surface area contributed by atoms with Gasteiger partial charge in [0.2, 0.25) is 5.91 Å². The minimum atomic E-state index is 0.150. The Morgan fingerprint density at radius 1 is 1.19 bits per heavy atom. The normalized spacial score (nSPS) is 22.9. The van der Waals surface area contributed by atoms with Crippen LogP contribution in [0.4, 0.5) is 0 Å². The fourth-order valence-electron chi connectivity index (χ4n) is 3.60. The fraction of sp³-hybridized carbons (Fsp3) is 0.588. The van der Waals surface area contributed by atoms with Crippen LogP contribution in [0.5, 0.6) is 0 Å². The standard InChI is InChI=1S/C17H23ClN2O/c18-15-9-4-3-8-14(15)16-10-5-11-20(16)17(21)12-19-13-6-1-2-7-13/h3-4,8-9,13,16,19H,1-2,5-7,10-12H2. The molecule has 3 rings (SSSR count). The molecule has 1 saturated carbocycles. The highest BCUT2D eigenvalue weighted by molar-refractivity contribution is 6.31. The van der Waals surface area contributed by atoms with E-state index in [0.717, 1.165) is 30.0 Å². The predicted octanol–water partition coefficient (Wildman–Crippen LogP) is 3.54. The van der Waals surface area contributed by atoms with Crippen molar-refractivity contribution in [2.24, 2.45) is 0 Å². The van der Waals surface area contributed by atoms with Crippen molar-refractivity contribution in [3.63, 3.8) is 0 Å². The summed E-state index contributed by atoms with van der Waals surface area (Å²) in [7, 11) is 0. The van der Waals surface area contributed by atoms with Gasteiger partial charge in [0.25, 0.3) is 0 Å². The molecule has 21 heavy (non-hydrogen) atoms. The lowest BCUT2D eigenvalue weighted by atomic mass is 10.0. The van der Waals surface area contributed by atoms with E-state index < -0.39 is 0 Å². The molecule has 1 aromatic carbocycles. The molecule has 1 saturated heterocycles. The second-order valence-corrected chi connectivity index (χ2v) is 6.54. The number of rotatable bonds is 4. The molecule has 0 bridgehead atoms. The topological polar surface area (TPSA) is 32.3 Å². The maximum Gasteiger partial charge on any atom is 0.237 e. The third kappa shape index (κ3) is 3.41. The Hall–Kier alpha value is -1.06. The summed E-state index contributed by atoms with van der Waals surface area (Å²) in [6, 6.07) is 8.58. The van der Waals surface area contributed by atoms with Gasteiger partial charge in [-0.3, -0.25) is 4.79 Å². The molecule has 2 fully saturated rings. The molecule has 0 spiro atoms. The van der Waals surface area contributed by atoms with Crippen molar-refractivity contribution >= 4 is 17.5 Å². The van der Waals surface area contributed by atoms with Gasteiger partial charge < -0.3 is 10.2 Å². The van der Waals surface area contributed by atoms with Gasteiger partial charge in [-0.1, -0.05) is 42.6 Å². The number of carbonyl (C=O) groups excluding carboxylic acids is 1. The molecule has 1 N–H and O–H groups in total. The summed E-state index contributed by atoms with van der Waals surface area (Å²) >= 11 is 6.30. The zero-order valence-corrected chi connectivity index (χ0v) is 13.1. The Kier molecular flexibility index (Phi) is 4.81. The summed E-state index contributed by atoms with van der Waals surface area (Å²) < 4.78 is 0. The summed E-state index contributed by atoms with van der Waals surface area (Å²) in [4.78, 5) is 14.5. The quantitative estimate of drug-likeness (QED) is 0.923. The average Bonchev–Trinajstić information content (AvgIpc) is 3.16. The van der Waals surface area contributed by atoms with E-state index in [0.29, 0.717) is 12.6 Å². The van der Waals surface area contributed by atoms with Gasteiger partial charge in [-0.25, -0.2) is 0 Å². The number of halogens is 1. The molecule has 1 heterocycles. The first kappa shape index (κ1) is 14.9. The van der Waals surface area contributed by atoms with Crippen molar-refractivity contribution in [1.82, 2.24) is 10.2 Å². The highest BCUT2D eigenvalue weighted by atomic mass is 35.5. The van der Waals surface area contributed by atoms with Gasteiger partial charge in [0.05, 0.1) is 12.6 Å². The summed E-state index contributed by atoms with van der Waals surface area (Å²) in [6.07, 6.45) is 7.07. The predicted molar refractivity (Wildman–Crippen MR) is 85.4 cm³/mol. The van der Waals surface area contributed by atoms with Crippen molar-refractivity contribution in [2.45, 2.75) is 50.6 Å². The van der Waals surface area contributed by atoms with E-state index in [1.807, 2.05) is 29.2 Å². The Balaban J connectivity index is 1.63. The van der Waals surface area contributed by atoms with Crippen LogP contribution in [0.2, 0.25) is 5.02 Å².